The third-order valence-electron chi connectivity index (χ3n) is 2.72. The average Bonchev–Trinajstić information content (AvgIpc) is 2.42. The molecule has 0 N–H and O–H groups in total. The molecule has 2 rings (SSSR count). The van der Waals surface area contributed by atoms with Crippen LogP contribution in [0.3, 0.4) is 0 Å². The van der Waals surface area contributed by atoms with Gasteiger partial charge in [-0.3, -0.25) is 0 Å². The van der Waals surface area contributed by atoms with Crippen LogP contribution in [0.15, 0.2) is 41.3 Å². The fraction of sp³-hybridized carbons (Fsp3) is 0.143. The first-order valence-corrected chi connectivity index (χ1v) is 7.12. The topological polar surface area (TPSA) is 0 Å². The first-order valence-electron chi connectivity index (χ1n) is 5.46. The van der Waals surface area contributed by atoms with Crippen molar-refractivity contribution in [3.05, 3.63) is 65.0 Å². The van der Waals surface area contributed by atoms with Gasteiger partial charge in [0.05, 0.1) is 5.38 Å². The predicted octanol–water partition coefficient (Wildman–Crippen LogP) is 5.15. The molecule has 2 aromatic carbocycles. The summed E-state index contributed by atoms with van der Waals surface area (Å²) in [6.45, 7) is 0. The van der Waals surface area contributed by atoms with Gasteiger partial charge in [-0.15, -0.1) is 23.4 Å². The molecule has 0 fully saturated rings. The highest BCUT2D eigenvalue weighted by molar-refractivity contribution is 7.98. The van der Waals surface area contributed by atoms with Crippen molar-refractivity contribution in [1.29, 1.82) is 0 Å². The second kappa shape index (κ2) is 5.88. The van der Waals surface area contributed by atoms with E-state index in [0.29, 0.717) is 11.6 Å². The van der Waals surface area contributed by atoms with Crippen LogP contribution in [0.25, 0.3) is 0 Å². The molecule has 1 atom stereocenters. The molecule has 0 saturated carbocycles. The molecule has 0 amide bonds. The molecule has 0 radical (unpaired) electrons. The molecule has 0 bridgehead atoms. The summed E-state index contributed by atoms with van der Waals surface area (Å²) >= 11 is 7.66. The van der Waals surface area contributed by atoms with E-state index in [1.54, 1.807) is 12.1 Å². The van der Waals surface area contributed by atoms with E-state index < -0.39 is 22.8 Å². The Balaban J connectivity index is 2.50. The van der Waals surface area contributed by atoms with Crippen LogP contribution < -0.4 is 0 Å². The number of rotatable bonds is 3. The van der Waals surface area contributed by atoms with E-state index in [2.05, 4.69) is 0 Å². The van der Waals surface area contributed by atoms with Crippen molar-refractivity contribution >= 4 is 23.4 Å². The van der Waals surface area contributed by atoms with Crippen LogP contribution in [0, 0.1) is 17.5 Å². The summed E-state index contributed by atoms with van der Waals surface area (Å²) in [5.41, 5.74) is 0.601. The summed E-state index contributed by atoms with van der Waals surface area (Å²) in [5.74, 6) is -3.18. The van der Waals surface area contributed by atoms with Crippen molar-refractivity contribution in [1.82, 2.24) is 0 Å². The number of hydrogen-bond donors (Lipinski definition) is 0. The van der Waals surface area contributed by atoms with E-state index in [-0.39, 0.29) is 5.56 Å². The Bertz CT molecular complexity index is 601. The number of hydrogen-bond acceptors (Lipinski definition) is 1. The lowest BCUT2D eigenvalue weighted by Gasteiger charge is -2.15. The van der Waals surface area contributed by atoms with Crippen molar-refractivity contribution < 1.29 is 13.2 Å². The maximum Gasteiger partial charge on any atom is 0.161 e. The third-order valence-corrected chi connectivity index (χ3v) is 4.01. The van der Waals surface area contributed by atoms with E-state index in [0.717, 1.165) is 11.0 Å². The Morgan fingerprint density at radius 1 is 0.947 bits per heavy atom. The Hall–Kier alpha value is -1.13. The van der Waals surface area contributed by atoms with Gasteiger partial charge in [-0.1, -0.05) is 18.2 Å². The van der Waals surface area contributed by atoms with Crippen LogP contribution in [0.5, 0.6) is 0 Å². The Kier molecular flexibility index (Phi) is 4.42. The van der Waals surface area contributed by atoms with E-state index >= 15 is 0 Å². The van der Waals surface area contributed by atoms with E-state index in [1.165, 1.54) is 11.8 Å². The Morgan fingerprint density at radius 2 is 1.58 bits per heavy atom. The fourth-order valence-corrected chi connectivity index (χ4v) is 2.83. The monoisotopic (exact) mass is 302 g/mol. The molecular formula is C14H10ClF3S. The highest BCUT2D eigenvalue weighted by Crippen LogP contribution is 2.36. The summed E-state index contributed by atoms with van der Waals surface area (Å²) in [6.07, 6.45) is 1.87. The number of alkyl halides is 1. The number of benzene rings is 2. The molecule has 100 valence electrons. The smallest absolute Gasteiger partial charge is 0.161 e. The van der Waals surface area contributed by atoms with Crippen LogP contribution in [0.2, 0.25) is 0 Å². The van der Waals surface area contributed by atoms with Gasteiger partial charge < -0.3 is 0 Å². The Morgan fingerprint density at radius 3 is 2.26 bits per heavy atom. The van der Waals surface area contributed by atoms with Crippen LogP contribution >= 0.6 is 23.4 Å². The summed E-state index contributed by atoms with van der Waals surface area (Å²) in [7, 11) is 0. The van der Waals surface area contributed by atoms with Crippen molar-refractivity contribution in [3.8, 4) is 0 Å². The van der Waals surface area contributed by atoms with Gasteiger partial charge in [-0.05, 0) is 24.0 Å². The first-order chi connectivity index (χ1) is 9.04. The Labute approximate surface area is 118 Å². The zero-order valence-electron chi connectivity index (χ0n) is 9.96. The average molecular weight is 303 g/mol. The molecule has 5 heteroatoms. The molecule has 0 nitrogen and oxygen atoms in total. The predicted molar refractivity (Wildman–Crippen MR) is 72.2 cm³/mol. The van der Waals surface area contributed by atoms with E-state index in [4.69, 9.17) is 11.6 Å². The quantitative estimate of drug-likeness (QED) is 0.429. The molecule has 0 heterocycles. The van der Waals surface area contributed by atoms with Gasteiger partial charge in [-0.2, -0.15) is 0 Å². The lowest BCUT2D eigenvalue weighted by molar-refractivity contribution is 0.490. The van der Waals surface area contributed by atoms with Crippen LogP contribution in [-0.2, 0) is 0 Å². The SMILES string of the molecule is CSc1ccccc1C(Cl)c1cc(F)c(F)cc1F. The van der Waals surface area contributed by atoms with Gasteiger partial charge in [-0.25, -0.2) is 13.2 Å². The summed E-state index contributed by atoms with van der Waals surface area (Å²) in [4.78, 5) is 0.867. The van der Waals surface area contributed by atoms with Gasteiger partial charge in [0.25, 0.3) is 0 Å². The lowest BCUT2D eigenvalue weighted by Crippen LogP contribution is -2.01. The maximum atomic E-state index is 13.7. The highest BCUT2D eigenvalue weighted by atomic mass is 35.5. The molecule has 0 aliphatic carbocycles. The van der Waals surface area contributed by atoms with Crippen LogP contribution in [0.4, 0.5) is 13.2 Å². The molecule has 0 aromatic heterocycles. The number of thioether (sulfide) groups is 1. The lowest BCUT2D eigenvalue weighted by atomic mass is 10.0. The van der Waals surface area contributed by atoms with Gasteiger partial charge in [0.15, 0.2) is 11.6 Å². The van der Waals surface area contributed by atoms with E-state index in [9.17, 15) is 13.2 Å². The second-order valence-corrected chi connectivity index (χ2v) is 5.18. The molecule has 1 unspecified atom stereocenters. The zero-order chi connectivity index (χ0) is 14.0. The van der Waals surface area contributed by atoms with Gasteiger partial charge in [0, 0.05) is 16.5 Å². The van der Waals surface area contributed by atoms with Gasteiger partial charge >= 0.3 is 0 Å². The summed E-state index contributed by atoms with van der Waals surface area (Å²) in [5, 5.41) is -0.862. The highest BCUT2D eigenvalue weighted by Gasteiger charge is 2.20. The fourth-order valence-electron chi connectivity index (χ4n) is 1.78. The second-order valence-electron chi connectivity index (χ2n) is 3.89. The third kappa shape index (κ3) is 2.90. The molecule has 2 aromatic rings. The molecule has 0 saturated heterocycles. The molecular weight excluding hydrogens is 293 g/mol. The summed E-state index contributed by atoms with van der Waals surface area (Å²) in [6, 6.07) is 8.50. The largest absolute Gasteiger partial charge is 0.207 e. The van der Waals surface area contributed by atoms with Crippen LogP contribution in [0.1, 0.15) is 16.5 Å². The molecule has 19 heavy (non-hydrogen) atoms. The van der Waals surface area contributed by atoms with Crippen LogP contribution in [-0.4, -0.2) is 6.26 Å². The standard InChI is InChI=1S/C14H10ClF3S/c1-19-13-5-3-2-4-8(13)14(15)9-6-11(17)12(18)7-10(9)16/h2-7,14H,1H3. The number of halogens is 4. The van der Waals surface area contributed by atoms with Crippen molar-refractivity contribution in [3.63, 3.8) is 0 Å². The molecule has 0 spiro atoms. The maximum absolute atomic E-state index is 13.7. The molecule has 0 aliphatic heterocycles. The minimum absolute atomic E-state index is 0.0675. The minimum Gasteiger partial charge on any atom is -0.207 e. The molecule has 0 aliphatic rings. The first kappa shape index (κ1) is 14.3. The normalized spacial score (nSPS) is 12.5. The van der Waals surface area contributed by atoms with Crippen molar-refractivity contribution in [2.75, 3.05) is 6.26 Å². The minimum atomic E-state index is -1.22. The van der Waals surface area contributed by atoms with E-state index in [1.807, 2.05) is 18.4 Å². The van der Waals surface area contributed by atoms with Gasteiger partial charge in [0.1, 0.15) is 5.82 Å². The van der Waals surface area contributed by atoms with Gasteiger partial charge in [0.2, 0.25) is 0 Å². The zero-order valence-corrected chi connectivity index (χ0v) is 11.5. The van der Waals surface area contributed by atoms with Crippen molar-refractivity contribution in [2.24, 2.45) is 0 Å². The summed E-state index contributed by atoms with van der Waals surface area (Å²) < 4.78 is 39.8. The van der Waals surface area contributed by atoms with Crippen molar-refractivity contribution in [2.45, 2.75) is 10.3 Å².